The van der Waals surface area contributed by atoms with Crippen LogP contribution < -0.4 is 5.32 Å². The zero-order chi connectivity index (χ0) is 22.0. The van der Waals surface area contributed by atoms with Gasteiger partial charge < -0.3 is 9.88 Å². The van der Waals surface area contributed by atoms with E-state index in [4.69, 9.17) is 0 Å². The molecule has 0 aliphatic rings. The number of nitrogens with zero attached hydrogens (tertiary/aromatic N) is 3. The molecule has 0 bridgehead atoms. The van der Waals surface area contributed by atoms with Crippen molar-refractivity contribution in [2.24, 2.45) is 7.05 Å². The van der Waals surface area contributed by atoms with Gasteiger partial charge in [0.2, 0.25) is 5.91 Å². The molecule has 1 heterocycles. The van der Waals surface area contributed by atoms with Gasteiger partial charge in [0, 0.05) is 36.5 Å². The third-order valence-electron chi connectivity index (χ3n) is 5.10. The number of rotatable bonds is 6. The third kappa shape index (κ3) is 4.46. The molecule has 3 rings (SSSR count). The van der Waals surface area contributed by atoms with Gasteiger partial charge in [0.25, 0.3) is 0 Å². The SMILES string of the molecule is CC(=O)Nc1cccc(-c2nnc(SCc3c(C)cc(C)c(C(C)=O)c3C)n2C)c1. The molecule has 0 fully saturated rings. The molecule has 0 aliphatic heterocycles. The highest BCUT2D eigenvalue weighted by Crippen LogP contribution is 2.30. The Labute approximate surface area is 181 Å². The van der Waals surface area contributed by atoms with Crippen LogP contribution in [0.2, 0.25) is 0 Å². The molecule has 0 aliphatic carbocycles. The molecule has 0 saturated heterocycles. The van der Waals surface area contributed by atoms with Gasteiger partial charge in [0.15, 0.2) is 16.8 Å². The van der Waals surface area contributed by atoms with Crippen molar-refractivity contribution in [2.75, 3.05) is 5.32 Å². The number of carbonyl (C=O) groups is 2. The molecule has 0 spiro atoms. The van der Waals surface area contributed by atoms with Gasteiger partial charge in [-0.15, -0.1) is 10.2 Å². The summed E-state index contributed by atoms with van der Waals surface area (Å²) in [5.41, 5.74) is 6.80. The summed E-state index contributed by atoms with van der Waals surface area (Å²) in [7, 11) is 1.93. The Morgan fingerprint density at radius 2 is 1.80 bits per heavy atom. The van der Waals surface area contributed by atoms with Crippen LogP contribution >= 0.6 is 11.8 Å². The molecule has 0 radical (unpaired) electrons. The van der Waals surface area contributed by atoms with E-state index < -0.39 is 0 Å². The summed E-state index contributed by atoms with van der Waals surface area (Å²) in [5.74, 6) is 1.41. The van der Waals surface area contributed by atoms with E-state index in [1.54, 1.807) is 18.7 Å². The van der Waals surface area contributed by atoms with Crippen molar-refractivity contribution < 1.29 is 9.59 Å². The molecular formula is C23H26N4O2S. The molecule has 7 heteroatoms. The lowest BCUT2D eigenvalue weighted by atomic mass is 9.92. The van der Waals surface area contributed by atoms with Crippen molar-refractivity contribution >= 4 is 29.1 Å². The first-order valence-electron chi connectivity index (χ1n) is 9.69. The Morgan fingerprint density at radius 1 is 1.07 bits per heavy atom. The van der Waals surface area contributed by atoms with E-state index in [9.17, 15) is 9.59 Å². The van der Waals surface area contributed by atoms with E-state index in [1.165, 1.54) is 12.5 Å². The van der Waals surface area contributed by atoms with Crippen LogP contribution in [0, 0.1) is 20.8 Å². The summed E-state index contributed by atoms with van der Waals surface area (Å²) in [5, 5.41) is 12.3. The van der Waals surface area contributed by atoms with Crippen LogP contribution in [-0.4, -0.2) is 26.5 Å². The summed E-state index contributed by atoms with van der Waals surface area (Å²) in [6, 6.07) is 9.62. The molecule has 1 amide bonds. The number of thioether (sulfide) groups is 1. The summed E-state index contributed by atoms with van der Waals surface area (Å²) in [6.07, 6.45) is 0. The predicted octanol–water partition coefficient (Wildman–Crippen LogP) is 4.86. The Bertz CT molecular complexity index is 1130. The Hall–Kier alpha value is -2.93. The lowest BCUT2D eigenvalue weighted by Gasteiger charge is -2.15. The second-order valence-electron chi connectivity index (χ2n) is 7.46. The maximum atomic E-state index is 12.1. The highest BCUT2D eigenvalue weighted by molar-refractivity contribution is 7.98. The number of amides is 1. The largest absolute Gasteiger partial charge is 0.326 e. The number of hydrogen-bond donors (Lipinski definition) is 1. The summed E-state index contributed by atoms with van der Waals surface area (Å²) in [4.78, 5) is 23.4. The van der Waals surface area contributed by atoms with Crippen molar-refractivity contribution in [2.45, 2.75) is 45.5 Å². The van der Waals surface area contributed by atoms with Crippen molar-refractivity contribution in [3.05, 3.63) is 58.1 Å². The maximum absolute atomic E-state index is 12.1. The minimum Gasteiger partial charge on any atom is -0.326 e. The van der Waals surface area contributed by atoms with E-state index in [0.29, 0.717) is 5.75 Å². The summed E-state index contributed by atoms with van der Waals surface area (Å²) >= 11 is 1.59. The zero-order valence-electron chi connectivity index (χ0n) is 18.2. The van der Waals surface area contributed by atoms with Crippen molar-refractivity contribution in [3.8, 4) is 11.4 Å². The molecule has 0 unspecified atom stereocenters. The topological polar surface area (TPSA) is 76.9 Å². The van der Waals surface area contributed by atoms with Gasteiger partial charge in [-0.05, 0) is 62.1 Å². The van der Waals surface area contributed by atoms with E-state index >= 15 is 0 Å². The van der Waals surface area contributed by atoms with E-state index in [2.05, 4.69) is 28.5 Å². The molecule has 156 valence electrons. The predicted molar refractivity (Wildman–Crippen MR) is 121 cm³/mol. The van der Waals surface area contributed by atoms with Gasteiger partial charge in [0.05, 0.1) is 0 Å². The van der Waals surface area contributed by atoms with Crippen LogP contribution in [0.15, 0.2) is 35.5 Å². The van der Waals surface area contributed by atoms with E-state index in [-0.39, 0.29) is 11.7 Å². The number of nitrogens with one attached hydrogen (secondary N) is 1. The van der Waals surface area contributed by atoms with Gasteiger partial charge >= 0.3 is 0 Å². The summed E-state index contributed by atoms with van der Waals surface area (Å²) < 4.78 is 1.95. The van der Waals surface area contributed by atoms with E-state index in [0.717, 1.165) is 44.5 Å². The first kappa shape index (κ1) is 21.8. The van der Waals surface area contributed by atoms with Crippen molar-refractivity contribution in [3.63, 3.8) is 0 Å². The maximum Gasteiger partial charge on any atom is 0.221 e. The quantitative estimate of drug-likeness (QED) is 0.453. The summed E-state index contributed by atoms with van der Waals surface area (Å²) in [6.45, 7) is 9.18. The average molecular weight is 423 g/mol. The molecule has 6 nitrogen and oxygen atoms in total. The first-order valence-corrected chi connectivity index (χ1v) is 10.7. The number of benzene rings is 2. The van der Waals surface area contributed by atoms with Crippen LogP contribution in [0.4, 0.5) is 5.69 Å². The fourth-order valence-corrected chi connectivity index (χ4v) is 4.85. The second-order valence-corrected chi connectivity index (χ2v) is 8.40. The lowest BCUT2D eigenvalue weighted by Crippen LogP contribution is -2.06. The number of aryl methyl sites for hydroxylation is 2. The van der Waals surface area contributed by atoms with E-state index in [1.807, 2.05) is 49.7 Å². The Morgan fingerprint density at radius 3 is 2.47 bits per heavy atom. The lowest BCUT2D eigenvalue weighted by molar-refractivity contribution is -0.114. The van der Waals surface area contributed by atoms with Crippen LogP contribution in [0.25, 0.3) is 11.4 Å². The fourth-order valence-electron chi connectivity index (χ4n) is 3.76. The molecular weight excluding hydrogens is 396 g/mol. The highest BCUT2D eigenvalue weighted by atomic mass is 32.2. The number of aromatic nitrogens is 3. The Kier molecular flexibility index (Phi) is 6.41. The molecule has 3 aromatic rings. The normalized spacial score (nSPS) is 10.9. The number of Topliss-reactive ketones (excluding diaryl/α,β-unsaturated/α-hetero) is 1. The molecule has 1 N–H and O–H groups in total. The number of ketones is 1. The standard InChI is InChI=1S/C23H26N4O2S/c1-13-10-14(2)21(16(4)28)15(3)20(13)12-30-23-26-25-22(27(23)6)18-8-7-9-19(11-18)24-17(5)29/h7-11H,12H2,1-6H3,(H,24,29). The van der Waals surface area contributed by atoms with Gasteiger partial charge in [-0.1, -0.05) is 30.0 Å². The monoisotopic (exact) mass is 422 g/mol. The van der Waals surface area contributed by atoms with Crippen LogP contribution in [0.5, 0.6) is 0 Å². The molecule has 0 atom stereocenters. The molecule has 2 aromatic carbocycles. The fraction of sp³-hybridized carbons (Fsp3) is 0.304. The zero-order valence-corrected chi connectivity index (χ0v) is 19.0. The first-order chi connectivity index (χ1) is 14.2. The van der Waals surface area contributed by atoms with Gasteiger partial charge in [0.1, 0.15) is 0 Å². The minimum atomic E-state index is -0.116. The van der Waals surface area contributed by atoms with Crippen molar-refractivity contribution in [1.29, 1.82) is 0 Å². The Balaban J connectivity index is 1.86. The average Bonchev–Trinajstić information content (AvgIpc) is 3.01. The molecule has 0 saturated carbocycles. The van der Waals surface area contributed by atoms with Crippen LogP contribution in [0.1, 0.15) is 46.5 Å². The van der Waals surface area contributed by atoms with Gasteiger partial charge in [-0.25, -0.2) is 0 Å². The van der Waals surface area contributed by atoms with Crippen LogP contribution in [0.3, 0.4) is 0 Å². The minimum absolute atomic E-state index is 0.0937. The van der Waals surface area contributed by atoms with Crippen molar-refractivity contribution in [1.82, 2.24) is 14.8 Å². The van der Waals surface area contributed by atoms with Gasteiger partial charge in [-0.3, -0.25) is 9.59 Å². The number of carbonyl (C=O) groups excluding carboxylic acids is 2. The molecule has 1 aromatic heterocycles. The smallest absolute Gasteiger partial charge is 0.221 e. The highest BCUT2D eigenvalue weighted by Gasteiger charge is 2.17. The van der Waals surface area contributed by atoms with Crippen LogP contribution in [-0.2, 0) is 17.6 Å². The third-order valence-corrected chi connectivity index (χ3v) is 6.15. The number of hydrogen-bond acceptors (Lipinski definition) is 5. The molecule has 30 heavy (non-hydrogen) atoms. The van der Waals surface area contributed by atoms with Gasteiger partial charge in [-0.2, -0.15) is 0 Å². The number of anilines is 1. The second kappa shape index (κ2) is 8.83.